The molecule has 7 aromatic rings. The van der Waals surface area contributed by atoms with E-state index in [1.54, 1.807) is 17.0 Å². The number of aliphatic hydroxyl groups excluding tert-OH is 2. The highest BCUT2D eigenvalue weighted by Gasteiger charge is 2.31. The summed E-state index contributed by atoms with van der Waals surface area (Å²) >= 11 is 0. The van der Waals surface area contributed by atoms with Crippen LogP contribution in [0, 0.1) is 17.8 Å². The zero-order valence-electron chi connectivity index (χ0n) is 41.3. The van der Waals surface area contributed by atoms with Gasteiger partial charge in [0.15, 0.2) is 0 Å². The zero-order chi connectivity index (χ0) is 51.6. The summed E-state index contributed by atoms with van der Waals surface area (Å²) in [6.07, 6.45) is 5.11. The van der Waals surface area contributed by atoms with Crippen LogP contribution < -0.4 is 15.5 Å². The minimum absolute atomic E-state index is 0.0464. The number of carboxylic acids is 1. The van der Waals surface area contributed by atoms with E-state index >= 15 is 0 Å². The second kappa shape index (κ2) is 25.8. The lowest BCUT2D eigenvalue weighted by atomic mass is 9.93. The molecule has 5 aromatic carbocycles. The van der Waals surface area contributed by atoms with Crippen molar-refractivity contribution in [3.63, 3.8) is 0 Å². The maximum atomic E-state index is 12.3. The molecule has 3 unspecified atom stereocenters. The number of amides is 1. The SMILES string of the molecule is CC(C)(C)OC(=O)N1CC(CO)Cc2ccccc21.COC(=O)C1CNc2ccccc2C1.COC(=O)c1cnc2ccccc2c1.O=C(O)c1cnc2ccccc2c1.OCC1CNc2ccccc2C1. The lowest BCUT2D eigenvalue weighted by molar-refractivity contribution is -0.145. The van der Waals surface area contributed by atoms with Crippen LogP contribution in [-0.4, -0.2) is 102 Å². The van der Waals surface area contributed by atoms with E-state index in [0.717, 1.165) is 64.6 Å². The van der Waals surface area contributed by atoms with Gasteiger partial charge in [0.2, 0.25) is 0 Å². The number of aliphatic hydroxyl groups is 2. The van der Waals surface area contributed by atoms with Gasteiger partial charge in [-0.3, -0.25) is 19.7 Å². The van der Waals surface area contributed by atoms with Gasteiger partial charge in [-0.25, -0.2) is 14.4 Å². The molecule has 2 aromatic heterocycles. The lowest BCUT2D eigenvalue weighted by Crippen LogP contribution is -2.43. The number of aromatic carboxylic acids is 1. The largest absolute Gasteiger partial charge is 0.478 e. The number of ether oxygens (including phenoxy) is 3. The molecule has 3 aliphatic rings. The molecule has 10 rings (SSSR count). The van der Waals surface area contributed by atoms with Crippen molar-refractivity contribution in [3.8, 4) is 0 Å². The molecule has 0 saturated carbocycles. The Labute approximate surface area is 419 Å². The van der Waals surface area contributed by atoms with Gasteiger partial charge in [0, 0.05) is 79.2 Å². The van der Waals surface area contributed by atoms with Gasteiger partial charge in [0.1, 0.15) is 5.60 Å². The third-order valence-corrected chi connectivity index (χ3v) is 11.9. The van der Waals surface area contributed by atoms with Gasteiger partial charge in [-0.15, -0.1) is 0 Å². The highest BCUT2D eigenvalue weighted by Crippen LogP contribution is 2.31. The summed E-state index contributed by atoms with van der Waals surface area (Å²) in [5.74, 6) is -1.02. The van der Waals surface area contributed by atoms with Crippen LogP contribution >= 0.6 is 0 Å². The van der Waals surface area contributed by atoms with Crippen LogP contribution in [0.1, 0.15) is 58.2 Å². The van der Waals surface area contributed by atoms with E-state index in [0.29, 0.717) is 24.6 Å². The van der Waals surface area contributed by atoms with E-state index in [1.165, 1.54) is 43.4 Å². The lowest BCUT2D eigenvalue weighted by Gasteiger charge is -2.35. The van der Waals surface area contributed by atoms with Crippen molar-refractivity contribution in [2.75, 3.05) is 62.6 Å². The van der Waals surface area contributed by atoms with Gasteiger partial charge in [0.05, 0.1) is 48.0 Å². The van der Waals surface area contributed by atoms with Crippen molar-refractivity contribution in [3.05, 3.63) is 174 Å². The monoisotopic (exact) mass is 977 g/mol. The number of nitrogens with one attached hydrogen (secondary N) is 2. The predicted molar refractivity (Wildman–Crippen MR) is 279 cm³/mol. The molecule has 0 aliphatic carbocycles. The highest BCUT2D eigenvalue weighted by molar-refractivity contribution is 5.94. The van der Waals surface area contributed by atoms with Gasteiger partial charge >= 0.3 is 24.0 Å². The number of pyridine rings is 2. The Morgan fingerprint density at radius 1 is 0.625 bits per heavy atom. The Bertz CT molecular complexity index is 2940. The first kappa shape index (κ1) is 53.5. The number of nitrogens with zero attached hydrogens (tertiary/aromatic N) is 3. The maximum absolute atomic E-state index is 12.3. The molecule has 0 bridgehead atoms. The Kier molecular flexibility index (Phi) is 19.2. The standard InChI is InChI=1S/C15H21NO3.C11H13NO2.C11H9NO2.C10H7NO2.C10H13NO/c1-15(2,3)19-14(18)16-9-11(10-17)8-12-6-4-5-7-13(12)16;2*1-14-11(13)9-6-8-4-2-3-5-10(8)12-7-9;12-10(13)8-5-7-3-1-2-4-9(7)11-6-8;12-7-8-5-9-3-1-2-4-10(9)11-6-8/h4-7,11,17H,8-10H2,1-3H3;2-5,9,12H,6-7H2,1H3;2-7H,1H3;1-6H,(H,12,13);1-4,8,11-12H,5-7H2. The molecule has 0 radical (unpaired) electrons. The number of rotatable bonds is 5. The fraction of sp³-hybridized carbons (Fsp3) is 0.298. The quantitative estimate of drug-likeness (QED) is 0.0805. The molecule has 1 amide bonds. The summed E-state index contributed by atoms with van der Waals surface area (Å²) < 4.78 is 14.8. The van der Waals surface area contributed by atoms with Crippen LogP contribution in [0.15, 0.2) is 146 Å². The molecule has 72 heavy (non-hydrogen) atoms. The molecule has 376 valence electrons. The molecule has 3 atom stereocenters. The number of anilines is 3. The van der Waals surface area contributed by atoms with E-state index < -0.39 is 11.6 Å². The Balaban J connectivity index is 0.000000148. The molecule has 5 heterocycles. The molecular weight excluding hydrogens is 915 g/mol. The minimum Gasteiger partial charge on any atom is -0.478 e. The Hall–Kier alpha value is -7.88. The minimum atomic E-state index is -0.946. The number of para-hydroxylation sites is 5. The van der Waals surface area contributed by atoms with E-state index in [4.69, 9.17) is 19.7 Å². The molecule has 0 saturated heterocycles. The fourth-order valence-corrected chi connectivity index (χ4v) is 8.19. The number of carbonyl (C=O) groups excluding carboxylic acids is 3. The first-order valence-electron chi connectivity index (χ1n) is 23.7. The van der Waals surface area contributed by atoms with Crippen molar-refractivity contribution in [2.24, 2.45) is 17.8 Å². The first-order valence-corrected chi connectivity index (χ1v) is 23.7. The first-order chi connectivity index (χ1) is 34.7. The fourth-order valence-electron chi connectivity index (χ4n) is 8.19. The third-order valence-electron chi connectivity index (χ3n) is 11.9. The van der Waals surface area contributed by atoms with Crippen molar-refractivity contribution < 1.29 is 48.7 Å². The van der Waals surface area contributed by atoms with Gasteiger partial charge in [-0.2, -0.15) is 0 Å². The van der Waals surface area contributed by atoms with Crippen LogP contribution in [0.25, 0.3) is 21.8 Å². The second-order valence-electron chi connectivity index (χ2n) is 18.4. The summed E-state index contributed by atoms with van der Waals surface area (Å²) in [4.78, 5) is 55.2. The molecule has 15 nitrogen and oxygen atoms in total. The highest BCUT2D eigenvalue weighted by atomic mass is 16.6. The van der Waals surface area contributed by atoms with Crippen molar-refractivity contribution in [1.29, 1.82) is 0 Å². The molecule has 0 spiro atoms. The number of carboxylic acid groups (broad SMARTS) is 1. The summed E-state index contributed by atoms with van der Waals surface area (Å²) in [5, 5.41) is 35.4. The van der Waals surface area contributed by atoms with Crippen LogP contribution in [0.5, 0.6) is 0 Å². The number of esters is 2. The zero-order valence-corrected chi connectivity index (χ0v) is 41.3. The normalized spacial score (nSPS) is 16.1. The van der Waals surface area contributed by atoms with Crippen LogP contribution in [0.2, 0.25) is 0 Å². The maximum Gasteiger partial charge on any atom is 0.414 e. The number of carbonyl (C=O) groups is 4. The van der Waals surface area contributed by atoms with Crippen LogP contribution in [-0.2, 0) is 38.3 Å². The van der Waals surface area contributed by atoms with Gasteiger partial charge in [-0.05, 0) is 99.2 Å². The second-order valence-corrected chi connectivity index (χ2v) is 18.4. The van der Waals surface area contributed by atoms with E-state index in [9.17, 15) is 24.3 Å². The number of fused-ring (bicyclic) bond motifs is 5. The van der Waals surface area contributed by atoms with Gasteiger partial charge in [0.25, 0.3) is 0 Å². The van der Waals surface area contributed by atoms with E-state index in [1.807, 2.05) is 130 Å². The summed E-state index contributed by atoms with van der Waals surface area (Å²) in [5.41, 5.74) is 8.71. The van der Waals surface area contributed by atoms with E-state index in [-0.39, 0.29) is 48.6 Å². The number of hydrogen-bond donors (Lipinski definition) is 5. The van der Waals surface area contributed by atoms with Gasteiger partial charge < -0.3 is 40.2 Å². The molecule has 0 fully saturated rings. The van der Waals surface area contributed by atoms with Crippen molar-refractivity contribution >= 4 is 62.9 Å². The van der Waals surface area contributed by atoms with Crippen molar-refractivity contribution in [2.45, 2.75) is 45.6 Å². The molecule has 3 aliphatic heterocycles. The third kappa shape index (κ3) is 15.1. The molecular formula is C57H63N5O10. The number of aromatic nitrogens is 2. The average Bonchev–Trinajstić information content (AvgIpc) is 3.41. The summed E-state index contributed by atoms with van der Waals surface area (Å²) in [6.45, 7) is 7.98. The summed E-state index contributed by atoms with van der Waals surface area (Å²) in [7, 11) is 2.79. The van der Waals surface area contributed by atoms with E-state index in [2.05, 4.69) is 37.5 Å². The summed E-state index contributed by atoms with van der Waals surface area (Å²) in [6, 6.07) is 42.5. The van der Waals surface area contributed by atoms with Crippen LogP contribution in [0.3, 0.4) is 0 Å². The number of benzene rings is 5. The van der Waals surface area contributed by atoms with Crippen molar-refractivity contribution in [1.82, 2.24) is 9.97 Å². The average molecular weight is 978 g/mol. The molecule has 15 heteroatoms. The topological polar surface area (TPSA) is 210 Å². The smallest absolute Gasteiger partial charge is 0.414 e. The Morgan fingerprint density at radius 2 is 1.12 bits per heavy atom. The number of methoxy groups -OCH3 is 2. The Morgan fingerprint density at radius 3 is 1.69 bits per heavy atom. The molecule has 5 N–H and O–H groups in total. The number of hydrogen-bond acceptors (Lipinski definition) is 13. The predicted octanol–water partition coefficient (Wildman–Crippen LogP) is 9.25. The van der Waals surface area contributed by atoms with Gasteiger partial charge in [-0.1, -0.05) is 91.0 Å². The van der Waals surface area contributed by atoms with Crippen LogP contribution in [0.4, 0.5) is 21.9 Å².